The zero-order valence-electron chi connectivity index (χ0n) is 21.1. The minimum Gasteiger partial charge on any atom is -0.252 e. The number of hydrogen-bond donors (Lipinski definition) is 1. The Labute approximate surface area is 213 Å². The quantitative estimate of drug-likeness (QED) is 0.149. The highest BCUT2D eigenvalue weighted by molar-refractivity contribution is 14.1. The summed E-state index contributed by atoms with van der Waals surface area (Å²) in [5.41, 5.74) is 0.329. The van der Waals surface area contributed by atoms with Crippen LogP contribution in [0.1, 0.15) is 72.1 Å². The summed E-state index contributed by atoms with van der Waals surface area (Å²) < 4.78 is 1.20. The highest BCUT2D eigenvalue weighted by atomic mass is 127. The minimum atomic E-state index is 0.0862. The Morgan fingerprint density at radius 3 is 2.42 bits per heavy atom. The zero-order valence-corrected chi connectivity index (χ0v) is 23.3. The third kappa shape index (κ3) is 4.55. The van der Waals surface area contributed by atoms with Crippen molar-refractivity contribution in [1.29, 1.82) is 0 Å². The lowest BCUT2D eigenvalue weighted by Gasteiger charge is -2.64. The predicted octanol–water partition coefficient (Wildman–Crippen LogP) is 6.33. The molecule has 1 N–H and O–H groups in total. The molecule has 0 amide bonds. The van der Waals surface area contributed by atoms with Crippen LogP contribution in [0, 0.1) is 52.3 Å². The summed E-state index contributed by atoms with van der Waals surface area (Å²) in [7, 11) is 3.33. The first-order chi connectivity index (χ1) is 15.8. The van der Waals surface area contributed by atoms with E-state index in [1.165, 1.54) is 30.1 Å². The highest BCUT2D eigenvalue weighted by Gasteiger charge is 2.67. The maximum atomic E-state index is 9.06. The fourth-order valence-corrected chi connectivity index (χ4v) is 10.3. The fraction of sp³-hybridized carbons (Fsp3) is 1.00. The number of fused-ring (bicyclic) bond motifs is 5. The summed E-state index contributed by atoms with van der Waals surface area (Å²) in [4.78, 5) is 27.6. The van der Waals surface area contributed by atoms with Gasteiger partial charge in [-0.15, -0.1) is 0 Å². The maximum absolute atomic E-state index is 9.06. The van der Waals surface area contributed by atoms with Gasteiger partial charge in [-0.05, 0) is 103 Å². The molecule has 0 unspecified atom stereocenters. The Bertz CT molecular complexity index is 650. The van der Waals surface area contributed by atoms with Crippen LogP contribution in [0.5, 0.6) is 0 Å². The number of alkyl halides is 1. The van der Waals surface area contributed by atoms with Gasteiger partial charge in [-0.1, -0.05) is 43.4 Å². The lowest BCUT2D eigenvalue weighted by molar-refractivity contribution is -0.376. The molecule has 192 valence electrons. The summed E-state index contributed by atoms with van der Waals surface area (Å²) in [6.45, 7) is 7.89. The van der Waals surface area contributed by atoms with E-state index in [2.05, 4.69) is 48.2 Å². The number of rotatable bonds is 9. The molecule has 11 atom stereocenters. The smallest absolute Gasteiger partial charge is 0.0991 e. The van der Waals surface area contributed by atoms with Gasteiger partial charge in [0.15, 0.2) is 0 Å². The molecule has 0 aromatic carbocycles. The van der Waals surface area contributed by atoms with Gasteiger partial charge in [0, 0.05) is 5.41 Å². The molecule has 33 heavy (non-hydrogen) atoms. The number of halogens is 1. The summed E-state index contributed by atoms with van der Waals surface area (Å²) in [5.74, 6) is 3.82. The predicted molar refractivity (Wildman–Crippen MR) is 134 cm³/mol. The van der Waals surface area contributed by atoms with Crippen molar-refractivity contribution >= 4 is 22.6 Å². The van der Waals surface area contributed by atoms with Crippen molar-refractivity contribution in [3.05, 3.63) is 0 Å². The van der Waals surface area contributed by atoms with Gasteiger partial charge in [0.25, 0.3) is 0 Å². The van der Waals surface area contributed by atoms with Crippen molar-refractivity contribution in [3.8, 4) is 0 Å². The highest BCUT2D eigenvalue weighted by Crippen LogP contribution is 2.69. The summed E-state index contributed by atoms with van der Waals surface area (Å²) in [6.07, 6.45) is 9.40. The van der Waals surface area contributed by atoms with E-state index >= 15 is 0 Å². The summed E-state index contributed by atoms with van der Waals surface area (Å²) in [6, 6.07) is 0. The van der Waals surface area contributed by atoms with E-state index in [-0.39, 0.29) is 23.0 Å². The van der Waals surface area contributed by atoms with Gasteiger partial charge in [0.2, 0.25) is 0 Å². The Balaban J connectivity index is 1.69. The van der Waals surface area contributed by atoms with E-state index in [1.807, 2.05) is 0 Å². The van der Waals surface area contributed by atoms with Crippen molar-refractivity contribution in [2.24, 2.45) is 52.3 Å². The average Bonchev–Trinajstić information content (AvgIpc) is 3.14. The third-order valence-corrected chi connectivity index (χ3v) is 11.5. The molecule has 0 heterocycles. The van der Waals surface area contributed by atoms with E-state index in [0.29, 0.717) is 48.0 Å². The molecule has 0 bridgehead atoms. The monoisotopic (exact) mass is 580 g/mol. The number of hydrogen-bond acceptors (Lipinski definition) is 6. The molecule has 4 saturated carbocycles. The first kappa shape index (κ1) is 26.6. The fourth-order valence-electron chi connectivity index (χ4n) is 9.30. The Hall–Kier alpha value is 0.490. The Morgan fingerprint density at radius 2 is 1.76 bits per heavy atom. The molecule has 4 rings (SSSR count). The van der Waals surface area contributed by atoms with Gasteiger partial charge < -0.3 is 0 Å². The second-order valence-corrected chi connectivity index (χ2v) is 13.0. The molecule has 4 aliphatic rings. The minimum absolute atomic E-state index is 0.0862. The van der Waals surface area contributed by atoms with E-state index in [0.717, 1.165) is 25.7 Å². The van der Waals surface area contributed by atoms with Gasteiger partial charge in [-0.2, -0.15) is 0 Å². The first-order valence-electron chi connectivity index (χ1n) is 13.1. The zero-order chi connectivity index (χ0) is 23.8. The van der Waals surface area contributed by atoms with Gasteiger partial charge in [0.1, 0.15) is 0 Å². The van der Waals surface area contributed by atoms with E-state index < -0.39 is 0 Å². The molecule has 0 aromatic rings. The largest absolute Gasteiger partial charge is 0.252 e. The Morgan fingerprint density at radius 1 is 1.00 bits per heavy atom. The topological polar surface area (TPSA) is 66.4 Å². The van der Waals surface area contributed by atoms with Crippen LogP contribution < -0.4 is 0 Å². The SMILES string of the molecule is COO[C@H]1C[C@H]2[C@@H]([C@H](OOC)C[C@@H]3C[C@H](COO)CC[C@@]32C)[C@@H]2CC[C@H]([C@H](C)CCI)[C@@]12C. The average molecular weight is 581 g/mol. The first-order valence-corrected chi connectivity index (χ1v) is 14.6. The van der Waals surface area contributed by atoms with Gasteiger partial charge in [-0.25, -0.2) is 24.4 Å². The second kappa shape index (κ2) is 10.9. The van der Waals surface area contributed by atoms with Gasteiger partial charge in [-0.3, -0.25) is 5.26 Å². The van der Waals surface area contributed by atoms with E-state index in [9.17, 15) is 0 Å². The van der Waals surface area contributed by atoms with Crippen LogP contribution in [0.15, 0.2) is 0 Å². The molecular formula is C26H45IO6. The van der Waals surface area contributed by atoms with E-state index in [4.69, 9.17) is 24.8 Å². The van der Waals surface area contributed by atoms with Crippen LogP contribution in [0.4, 0.5) is 0 Å². The van der Waals surface area contributed by atoms with Crippen LogP contribution in [0.2, 0.25) is 0 Å². The van der Waals surface area contributed by atoms with Crippen LogP contribution in [-0.4, -0.2) is 42.7 Å². The molecule has 6 nitrogen and oxygen atoms in total. The van der Waals surface area contributed by atoms with Crippen LogP contribution in [0.25, 0.3) is 0 Å². The van der Waals surface area contributed by atoms with Crippen molar-refractivity contribution in [2.75, 3.05) is 25.3 Å². The van der Waals surface area contributed by atoms with Crippen LogP contribution >= 0.6 is 22.6 Å². The molecule has 0 radical (unpaired) electrons. The summed E-state index contributed by atoms with van der Waals surface area (Å²) in [5, 5.41) is 9.06. The van der Waals surface area contributed by atoms with Crippen molar-refractivity contribution in [1.82, 2.24) is 0 Å². The molecular weight excluding hydrogens is 535 g/mol. The van der Waals surface area contributed by atoms with Crippen molar-refractivity contribution < 1.29 is 29.7 Å². The molecule has 4 aliphatic carbocycles. The molecule has 7 heteroatoms. The van der Waals surface area contributed by atoms with Crippen molar-refractivity contribution in [3.63, 3.8) is 0 Å². The third-order valence-electron chi connectivity index (χ3n) is 10.9. The second-order valence-electron chi connectivity index (χ2n) is 12.0. The summed E-state index contributed by atoms with van der Waals surface area (Å²) >= 11 is 2.52. The Kier molecular flexibility index (Phi) is 8.73. The van der Waals surface area contributed by atoms with E-state index in [1.54, 1.807) is 14.2 Å². The lowest BCUT2D eigenvalue weighted by Crippen LogP contribution is -2.63. The van der Waals surface area contributed by atoms with Crippen LogP contribution in [-0.2, 0) is 24.4 Å². The van der Waals surface area contributed by atoms with Crippen LogP contribution in [0.3, 0.4) is 0 Å². The maximum Gasteiger partial charge on any atom is 0.0991 e. The lowest BCUT2D eigenvalue weighted by atomic mass is 9.42. The molecule has 0 aromatic heterocycles. The van der Waals surface area contributed by atoms with Crippen molar-refractivity contribution in [2.45, 2.75) is 84.3 Å². The van der Waals surface area contributed by atoms with Gasteiger partial charge >= 0.3 is 0 Å². The normalized spacial score (nSPS) is 48.1. The molecule has 4 fully saturated rings. The standard InChI is InChI=1S/C26H45IO6/c1-16(9-11-27)19-6-7-20-24-21(14-23(33-30-5)26(19,20)3)25(2)10-8-17(15-31-28)12-18(25)13-22(24)32-29-4/h16-24,28H,6-15H2,1-5H3/t16-,17-,18+,19-,20+,21+,22-,23+,24+,25+,26-/m1/s1. The molecule has 0 aliphatic heterocycles. The molecule has 0 saturated heterocycles. The molecule has 0 spiro atoms. The van der Waals surface area contributed by atoms with Gasteiger partial charge in [0.05, 0.1) is 33.0 Å².